The number of nitrogens with one attached hydrogen (secondary N) is 1. The highest BCUT2D eigenvalue weighted by atomic mass is 16.7. The predicted molar refractivity (Wildman–Crippen MR) is 122 cm³/mol. The second-order valence-corrected chi connectivity index (χ2v) is 8.01. The molecule has 1 N–H and O–H groups in total. The monoisotopic (exact) mass is 444 g/mol. The Morgan fingerprint density at radius 3 is 2.82 bits per heavy atom. The summed E-state index contributed by atoms with van der Waals surface area (Å²) in [6.07, 6.45) is 3.62. The molecule has 0 radical (unpaired) electrons. The Bertz CT molecular complexity index is 1250. The van der Waals surface area contributed by atoms with Crippen molar-refractivity contribution in [2.75, 3.05) is 6.79 Å². The van der Waals surface area contributed by atoms with Gasteiger partial charge in [0.15, 0.2) is 11.5 Å². The number of fused-ring (bicyclic) bond motifs is 1. The van der Waals surface area contributed by atoms with Crippen LogP contribution in [-0.4, -0.2) is 33.4 Å². The van der Waals surface area contributed by atoms with Crippen molar-refractivity contribution in [2.45, 2.75) is 32.4 Å². The first-order chi connectivity index (χ1) is 16.2. The van der Waals surface area contributed by atoms with Crippen LogP contribution in [0, 0.1) is 0 Å². The number of benzene rings is 2. The number of rotatable bonds is 8. The Balaban J connectivity index is 1.22. The van der Waals surface area contributed by atoms with Crippen molar-refractivity contribution in [3.8, 4) is 34.5 Å². The average molecular weight is 444 g/mol. The van der Waals surface area contributed by atoms with E-state index in [2.05, 4.69) is 27.6 Å². The van der Waals surface area contributed by atoms with Crippen LogP contribution < -0.4 is 14.8 Å². The molecular weight excluding hydrogens is 420 g/mol. The first-order valence-electron chi connectivity index (χ1n) is 10.9. The van der Waals surface area contributed by atoms with Crippen molar-refractivity contribution >= 4 is 5.91 Å². The van der Waals surface area contributed by atoms with E-state index in [1.807, 2.05) is 61.7 Å². The van der Waals surface area contributed by atoms with E-state index in [1.165, 1.54) is 5.56 Å². The minimum absolute atomic E-state index is 0.0662. The predicted octanol–water partition coefficient (Wildman–Crippen LogP) is 4.07. The molecule has 168 valence electrons. The average Bonchev–Trinajstić information content (AvgIpc) is 3.58. The van der Waals surface area contributed by atoms with Crippen LogP contribution >= 0.6 is 0 Å². The van der Waals surface area contributed by atoms with Gasteiger partial charge in [0, 0.05) is 17.8 Å². The maximum absolute atomic E-state index is 12.6. The van der Waals surface area contributed by atoms with Gasteiger partial charge in [-0.15, -0.1) is 0 Å². The van der Waals surface area contributed by atoms with E-state index in [0.29, 0.717) is 28.9 Å². The van der Waals surface area contributed by atoms with Crippen LogP contribution in [0.3, 0.4) is 0 Å². The number of aryl methyl sites for hydroxylation is 1. The summed E-state index contributed by atoms with van der Waals surface area (Å²) in [6.45, 7) is 2.39. The Morgan fingerprint density at radius 1 is 1.09 bits per heavy atom. The van der Waals surface area contributed by atoms with Crippen LogP contribution in [0.1, 0.15) is 18.9 Å². The highest BCUT2D eigenvalue weighted by molar-refractivity contribution is 5.76. The molecule has 0 saturated carbocycles. The molecule has 4 aromatic rings. The van der Waals surface area contributed by atoms with Crippen molar-refractivity contribution in [1.29, 1.82) is 0 Å². The standard InChI is InChI=1S/C25H24N4O4/c1-17(9-10-18-6-3-2-4-7-18)26-23(30)15-29-13-5-8-20(29)25-27-24(28-33-25)19-11-12-21-22(14-19)32-16-31-21/h2-8,11-14,17H,9-10,15-16H2,1H3,(H,26,30)/t17-/m1/s1. The van der Waals surface area contributed by atoms with Crippen molar-refractivity contribution in [2.24, 2.45) is 0 Å². The lowest BCUT2D eigenvalue weighted by molar-refractivity contribution is -0.122. The summed E-state index contributed by atoms with van der Waals surface area (Å²) in [5.41, 5.74) is 2.71. The maximum Gasteiger partial charge on any atom is 0.274 e. The topological polar surface area (TPSA) is 91.4 Å². The normalized spacial score (nSPS) is 13.1. The zero-order valence-corrected chi connectivity index (χ0v) is 18.2. The molecule has 2 aromatic carbocycles. The lowest BCUT2D eigenvalue weighted by Crippen LogP contribution is -2.35. The molecule has 33 heavy (non-hydrogen) atoms. The fraction of sp³-hybridized carbons (Fsp3) is 0.240. The van der Waals surface area contributed by atoms with Gasteiger partial charge in [0.25, 0.3) is 5.89 Å². The quantitative estimate of drug-likeness (QED) is 0.441. The van der Waals surface area contributed by atoms with Gasteiger partial charge in [0.1, 0.15) is 12.2 Å². The first kappa shape index (κ1) is 20.8. The number of hydrogen-bond acceptors (Lipinski definition) is 6. The third kappa shape index (κ3) is 4.74. The summed E-state index contributed by atoms with van der Waals surface area (Å²) in [5, 5.41) is 7.16. The van der Waals surface area contributed by atoms with E-state index in [4.69, 9.17) is 14.0 Å². The number of hydrogen-bond donors (Lipinski definition) is 1. The molecule has 1 aliphatic rings. The number of amides is 1. The van der Waals surface area contributed by atoms with Crippen molar-refractivity contribution in [1.82, 2.24) is 20.0 Å². The fourth-order valence-electron chi connectivity index (χ4n) is 3.80. The zero-order chi connectivity index (χ0) is 22.6. The summed E-state index contributed by atoms with van der Waals surface area (Å²) < 4.78 is 18.1. The molecule has 8 nitrogen and oxygen atoms in total. The minimum atomic E-state index is -0.0662. The lowest BCUT2D eigenvalue weighted by Gasteiger charge is -2.15. The van der Waals surface area contributed by atoms with Gasteiger partial charge in [-0.25, -0.2) is 0 Å². The summed E-state index contributed by atoms with van der Waals surface area (Å²) in [4.78, 5) is 17.1. The molecule has 1 aliphatic heterocycles. The van der Waals surface area contributed by atoms with Gasteiger partial charge in [0.05, 0.1) is 0 Å². The number of carbonyl (C=O) groups is 1. The molecule has 1 amide bonds. The van der Waals surface area contributed by atoms with E-state index < -0.39 is 0 Å². The Labute approximate surface area is 191 Å². The van der Waals surface area contributed by atoms with Gasteiger partial charge in [-0.3, -0.25) is 4.79 Å². The lowest BCUT2D eigenvalue weighted by atomic mass is 10.1. The van der Waals surface area contributed by atoms with Gasteiger partial charge >= 0.3 is 0 Å². The van der Waals surface area contributed by atoms with E-state index in [1.54, 1.807) is 4.57 Å². The van der Waals surface area contributed by atoms with Crippen LogP contribution in [0.5, 0.6) is 11.5 Å². The largest absolute Gasteiger partial charge is 0.454 e. The molecule has 1 atom stereocenters. The molecule has 5 rings (SSSR count). The van der Waals surface area contributed by atoms with Gasteiger partial charge in [0.2, 0.25) is 18.5 Å². The summed E-state index contributed by atoms with van der Waals surface area (Å²) in [5.74, 6) is 2.07. The fourth-order valence-corrected chi connectivity index (χ4v) is 3.80. The van der Waals surface area contributed by atoms with Crippen LogP contribution in [0.4, 0.5) is 0 Å². The third-order valence-electron chi connectivity index (χ3n) is 5.54. The summed E-state index contributed by atoms with van der Waals surface area (Å²) in [6, 6.07) is 19.5. The second-order valence-electron chi connectivity index (χ2n) is 8.01. The van der Waals surface area contributed by atoms with Gasteiger partial charge in [-0.1, -0.05) is 35.5 Å². The van der Waals surface area contributed by atoms with Crippen LogP contribution in [-0.2, 0) is 17.8 Å². The smallest absolute Gasteiger partial charge is 0.274 e. The Morgan fingerprint density at radius 2 is 1.94 bits per heavy atom. The molecule has 0 saturated heterocycles. The van der Waals surface area contributed by atoms with Crippen molar-refractivity contribution in [3.05, 3.63) is 72.4 Å². The minimum Gasteiger partial charge on any atom is -0.454 e. The Hall–Kier alpha value is -4.07. The number of ether oxygens (including phenoxy) is 2. The molecule has 0 spiro atoms. The second kappa shape index (κ2) is 9.20. The molecular formula is C25H24N4O4. The molecule has 8 heteroatoms. The zero-order valence-electron chi connectivity index (χ0n) is 18.2. The van der Waals surface area contributed by atoms with Crippen LogP contribution in [0.15, 0.2) is 71.4 Å². The van der Waals surface area contributed by atoms with Gasteiger partial charge < -0.3 is 23.9 Å². The number of nitrogens with zero attached hydrogens (tertiary/aromatic N) is 3. The van der Waals surface area contributed by atoms with Crippen LogP contribution in [0.2, 0.25) is 0 Å². The van der Waals surface area contributed by atoms with Crippen LogP contribution in [0.25, 0.3) is 23.0 Å². The van der Waals surface area contributed by atoms with E-state index >= 15 is 0 Å². The van der Waals surface area contributed by atoms with Crippen molar-refractivity contribution in [3.63, 3.8) is 0 Å². The first-order valence-corrected chi connectivity index (χ1v) is 10.9. The number of aromatic nitrogens is 3. The van der Waals surface area contributed by atoms with Gasteiger partial charge in [-0.2, -0.15) is 4.98 Å². The summed E-state index contributed by atoms with van der Waals surface area (Å²) in [7, 11) is 0. The van der Waals surface area contributed by atoms with E-state index in [0.717, 1.165) is 18.4 Å². The van der Waals surface area contributed by atoms with Gasteiger partial charge in [-0.05, 0) is 55.7 Å². The SMILES string of the molecule is C[C@H](CCc1ccccc1)NC(=O)Cn1cccc1-c1nc(-c2ccc3c(c2)OCO3)no1. The van der Waals surface area contributed by atoms with Crippen molar-refractivity contribution < 1.29 is 18.8 Å². The number of carbonyl (C=O) groups excluding carboxylic acids is 1. The molecule has 0 aliphatic carbocycles. The highest BCUT2D eigenvalue weighted by Crippen LogP contribution is 2.35. The third-order valence-corrected chi connectivity index (χ3v) is 5.54. The highest BCUT2D eigenvalue weighted by Gasteiger charge is 2.19. The van der Waals surface area contributed by atoms with E-state index in [-0.39, 0.29) is 25.3 Å². The molecule has 2 aromatic heterocycles. The summed E-state index contributed by atoms with van der Waals surface area (Å²) >= 11 is 0. The van der Waals surface area contributed by atoms with E-state index in [9.17, 15) is 4.79 Å². The molecule has 0 bridgehead atoms. The maximum atomic E-state index is 12.6. The Kier molecular flexibility index (Phi) is 5.80. The molecule has 3 heterocycles. The molecule has 0 fully saturated rings. The molecule has 0 unspecified atom stereocenters.